The Morgan fingerprint density at radius 1 is 1.09 bits per heavy atom. The molecule has 1 atom stereocenters. The van der Waals surface area contributed by atoms with Crippen molar-refractivity contribution in [2.75, 3.05) is 5.32 Å². The number of pyridine rings is 1. The normalized spacial score (nSPS) is 11.9. The summed E-state index contributed by atoms with van der Waals surface area (Å²) in [5.74, 6) is -0.887. The Kier molecular flexibility index (Phi) is 5.19. The van der Waals surface area contributed by atoms with Gasteiger partial charge in [-0.15, -0.1) is 0 Å². The summed E-state index contributed by atoms with van der Waals surface area (Å²) in [6.45, 7) is 1.46. The third-order valence-electron chi connectivity index (χ3n) is 5.66. The Balaban J connectivity index is 1.63. The van der Waals surface area contributed by atoms with E-state index in [4.69, 9.17) is 4.42 Å². The summed E-state index contributed by atoms with van der Waals surface area (Å²) >= 11 is 0. The molecule has 2 aromatic heterocycles. The number of carboxylic acid groups (broad SMARTS) is 1. The fourth-order valence-electron chi connectivity index (χ4n) is 3.90. The van der Waals surface area contributed by atoms with Crippen molar-refractivity contribution in [3.8, 4) is 28.7 Å². The van der Waals surface area contributed by atoms with Crippen LogP contribution in [0.3, 0.4) is 0 Å². The molecule has 0 radical (unpaired) electrons. The number of aliphatic carboxylic acids is 1. The summed E-state index contributed by atoms with van der Waals surface area (Å²) in [5, 5.41) is 23.5. The van der Waals surface area contributed by atoms with E-state index in [0.29, 0.717) is 27.9 Å². The lowest BCUT2D eigenvalue weighted by molar-refractivity contribution is -0.137. The second-order valence-electron chi connectivity index (χ2n) is 7.91. The SMILES string of the molecule is CC(Nc1c(C#N)c(-c2ccc(-c3cc4ccccc4o3)cc2)nc2ccc(F)cc12)C(=O)O. The van der Waals surface area contributed by atoms with Gasteiger partial charge in [-0.25, -0.2) is 9.37 Å². The molecule has 5 rings (SSSR count). The van der Waals surface area contributed by atoms with Crippen molar-refractivity contribution in [3.05, 3.63) is 84.2 Å². The van der Waals surface area contributed by atoms with Gasteiger partial charge in [0.25, 0.3) is 0 Å². The van der Waals surface area contributed by atoms with Gasteiger partial charge in [0, 0.05) is 21.9 Å². The van der Waals surface area contributed by atoms with Crippen LogP contribution in [0.1, 0.15) is 12.5 Å². The van der Waals surface area contributed by atoms with Crippen molar-refractivity contribution in [2.45, 2.75) is 13.0 Å². The molecule has 7 heteroatoms. The molecule has 0 bridgehead atoms. The van der Waals surface area contributed by atoms with E-state index >= 15 is 0 Å². The molecule has 0 aliphatic rings. The van der Waals surface area contributed by atoms with Gasteiger partial charge >= 0.3 is 5.97 Å². The molecule has 34 heavy (non-hydrogen) atoms. The van der Waals surface area contributed by atoms with E-state index < -0.39 is 17.8 Å². The maximum atomic E-state index is 14.0. The number of hydrogen-bond donors (Lipinski definition) is 2. The van der Waals surface area contributed by atoms with E-state index in [1.165, 1.54) is 25.1 Å². The Bertz CT molecular complexity index is 1570. The minimum Gasteiger partial charge on any atom is -0.480 e. The van der Waals surface area contributed by atoms with E-state index in [2.05, 4.69) is 16.4 Å². The number of anilines is 1. The highest BCUT2D eigenvalue weighted by atomic mass is 19.1. The highest BCUT2D eigenvalue weighted by Crippen LogP contribution is 2.36. The first-order chi connectivity index (χ1) is 16.4. The molecule has 3 aromatic carbocycles. The number of para-hydroxylation sites is 1. The molecule has 0 fully saturated rings. The van der Waals surface area contributed by atoms with E-state index in [1.54, 1.807) is 0 Å². The molecule has 0 amide bonds. The summed E-state index contributed by atoms with van der Waals surface area (Å²) < 4.78 is 19.9. The van der Waals surface area contributed by atoms with Gasteiger partial charge in [-0.1, -0.05) is 42.5 Å². The molecule has 0 aliphatic heterocycles. The predicted octanol–water partition coefficient (Wildman–Crippen LogP) is 6.21. The average Bonchev–Trinajstić information content (AvgIpc) is 3.28. The molecule has 2 heterocycles. The van der Waals surface area contributed by atoms with Gasteiger partial charge in [0.1, 0.15) is 34.8 Å². The Labute approximate surface area is 193 Å². The Hall–Kier alpha value is -4.70. The lowest BCUT2D eigenvalue weighted by atomic mass is 9.99. The summed E-state index contributed by atoms with van der Waals surface area (Å²) in [7, 11) is 0. The van der Waals surface area contributed by atoms with Crippen LogP contribution in [0.4, 0.5) is 10.1 Å². The highest BCUT2D eigenvalue weighted by Gasteiger charge is 2.21. The zero-order valence-corrected chi connectivity index (χ0v) is 18.0. The number of benzene rings is 3. The number of halogens is 1. The second-order valence-corrected chi connectivity index (χ2v) is 7.91. The quantitative estimate of drug-likeness (QED) is 0.330. The number of nitrogens with one attached hydrogen (secondary N) is 1. The van der Waals surface area contributed by atoms with E-state index in [1.807, 2.05) is 54.6 Å². The number of hydrogen-bond acceptors (Lipinski definition) is 5. The first-order valence-corrected chi connectivity index (χ1v) is 10.6. The topological polar surface area (TPSA) is 99.2 Å². The molecule has 0 saturated heterocycles. The molecule has 0 saturated carbocycles. The minimum absolute atomic E-state index is 0.141. The first-order valence-electron chi connectivity index (χ1n) is 10.6. The van der Waals surface area contributed by atoms with Gasteiger partial charge in [0.05, 0.1) is 16.9 Å². The Morgan fingerprint density at radius 2 is 1.82 bits per heavy atom. The van der Waals surface area contributed by atoms with Crippen molar-refractivity contribution < 1.29 is 18.7 Å². The molecule has 5 aromatic rings. The molecule has 166 valence electrons. The lowest BCUT2D eigenvalue weighted by Crippen LogP contribution is -2.26. The third kappa shape index (κ3) is 3.71. The largest absolute Gasteiger partial charge is 0.480 e. The molecule has 0 spiro atoms. The number of carboxylic acids is 1. The van der Waals surface area contributed by atoms with Crippen molar-refractivity contribution in [1.82, 2.24) is 4.98 Å². The van der Waals surface area contributed by atoms with Crippen molar-refractivity contribution in [2.24, 2.45) is 0 Å². The molecular weight excluding hydrogens is 433 g/mol. The number of aromatic nitrogens is 1. The van der Waals surface area contributed by atoms with Crippen molar-refractivity contribution in [3.63, 3.8) is 0 Å². The number of carbonyl (C=O) groups is 1. The summed E-state index contributed by atoms with van der Waals surface area (Å²) in [6, 6.07) is 22.3. The van der Waals surface area contributed by atoms with Crippen molar-refractivity contribution in [1.29, 1.82) is 5.26 Å². The monoisotopic (exact) mass is 451 g/mol. The number of rotatable bonds is 5. The van der Waals surface area contributed by atoms with Gasteiger partial charge < -0.3 is 14.8 Å². The van der Waals surface area contributed by atoms with E-state index in [0.717, 1.165) is 16.5 Å². The number of fused-ring (bicyclic) bond motifs is 2. The van der Waals surface area contributed by atoms with Crippen LogP contribution in [0, 0.1) is 17.1 Å². The zero-order valence-electron chi connectivity index (χ0n) is 18.0. The van der Waals surface area contributed by atoms with Crippen LogP contribution in [0.15, 0.2) is 77.2 Å². The zero-order chi connectivity index (χ0) is 23.8. The van der Waals surface area contributed by atoms with E-state index in [-0.39, 0.29) is 11.3 Å². The van der Waals surface area contributed by atoms with Gasteiger partial charge in [-0.2, -0.15) is 5.26 Å². The summed E-state index contributed by atoms with van der Waals surface area (Å²) in [5.41, 5.74) is 3.50. The minimum atomic E-state index is -1.10. The first kappa shape index (κ1) is 21.2. The lowest BCUT2D eigenvalue weighted by Gasteiger charge is -2.17. The van der Waals surface area contributed by atoms with Crippen LogP contribution >= 0.6 is 0 Å². The van der Waals surface area contributed by atoms with Gasteiger partial charge in [-0.3, -0.25) is 4.79 Å². The highest BCUT2D eigenvalue weighted by molar-refractivity contribution is 5.99. The maximum absolute atomic E-state index is 14.0. The van der Waals surface area contributed by atoms with Crippen LogP contribution in [0.25, 0.3) is 44.5 Å². The summed E-state index contributed by atoms with van der Waals surface area (Å²) in [4.78, 5) is 16.1. The fourth-order valence-corrected chi connectivity index (χ4v) is 3.90. The molecule has 2 N–H and O–H groups in total. The maximum Gasteiger partial charge on any atom is 0.325 e. The van der Waals surface area contributed by atoms with Crippen LogP contribution < -0.4 is 5.32 Å². The third-order valence-corrected chi connectivity index (χ3v) is 5.66. The van der Waals surface area contributed by atoms with Crippen LogP contribution in [0.5, 0.6) is 0 Å². The van der Waals surface area contributed by atoms with Gasteiger partial charge in [-0.05, 0) is 37.3 Å². The smallest absolute Gasteiger partial charge is 0.325 e. The molecule has 6 nitrogen and oxygen atoms in total. The standard InChI is InChI=1S/C27H18FN3O3/c1-15(27(32)33)30-26-20-13-19(28)10-11-22(20)31-25(21(26)14-29)17-8-6-16(7-9-17)24-12-18-4-2-3-5-23(18)34-24/h2-13,15H,1H3,(H,30,31)(H,32,33). The van der Waals surface area contributed by atoms with Gasteiger partial charge in [0.15, 0.2) is 0 Å². The Morgan fingerprint density at radius 3 is 2.53 bits per heavy atom. The average molecular weight is 451 g/mol. The van der Waals surface area contributed by atoms with Gasteiger partial charge in [0.2, 0.25) is 0 Å². The van der Waals surface area contributed by atoms with E-state index in [9.17, 15) is 19.6 Å². The molecular formula is C27H18FN3O3. The summed E-state index contributed by atoms with van der Waals surface area (Å²) in [6.07, 6.45) is 0. The predicted molar refractivity (Wildman–Crippen MR) is 128 cm³/mol. The van der Waals surface area contributed by atoms with Crippen LogP contribution in [0.2, 0.25) is 0 Å². The second kappa shape index (κ2) is 8.34. The van der Waals surface area contributed by atoms with Crippen LogP contribution in [-0.2, 0) is 4.79 Å². The van der Waals surface area contributed by atoms with Crippen LogP contribution in [-0.4, -0.2) is 22.1 Å². The molecule has 0 aliphatic carbocycles. The van der Waals surface area contributed by atoms with Crippen molar-refractivity contribution >= 4 is 33.5 Å². The number of nitriles is 1. The number of furan rings is 1. The fraction of sp³-hybridized carbons (Fsp3) is 0.0741. The number of nitrogens with zero attached hydrogens (tertiary/aromatic N) is 2. The molecule has 1 unspecified atom stereocenters.